The minimum absolute atomic E-state index is 0.0998. The third kappa shape index (κ3) is 6.11. The first-order valence-electron chi connectivity index (χ1n) is 11.7. The zero-order chi connectivity index (χ0) is 22.5. The number of rotatable bonds is 5. The van der Waals surface area contributed by atoms with Crippen LogP contribution in [0.1, 0.15) is 58.8 Å². The highest BCUT2D eigenvalue weighted by atomic mass is 16.6. The molecule has 3 aliphatic rings. The van der Waals surface area contributed by atoms with Gasteiger partial charge >= 0.3 is 6.09 Å². The number of nitrogens with one attached hydrogen (secondary N) is 1. The minimum atomic E-state index is -0.894. The maximum atomic E-state index is 13.4. The Morgan fingerprint density at radius 3 is 2.45 bits per heavy atom. The average molecular weight is 435 g/mol. The molecule has 2 aliphatic heterocycles. The van der Waals surface area contributed by atoms with E-state index in [9.17, 15) is 14.9 Å². The first-order valence-corrected chi connectivity index (χ1v) is 11.7. The van der Waals surface area contributed by atoms with Crippen molar-refractivity contribution in [1.29, 1.82) is 5.26 Å². The Morgan fingerprint density at radius 1 is 1.16 bits per heavy atom. The van der Waals surface area contributed by atoms with E-state index in [4.69, 9.17) is 9.47 Å². The fourth-order valence-corrected chi connectivity index (χ4v) is 4.99. The molecule has 0 bridgehead atoms. The maximum absolute atomic E-state index is 13.4. The van der Waals surface area contributed by atoms with Crippen LogP contribution >= 0.6 is 0 Å². The van der Waals surface area contributed by atoms with Gasteiger partial charge in [-0.1, -0.05) is 26.7 Å². The monoisotopic (exact) mass is 434 g/mol. The van der Waals surface area contributed by atoms with Gasteiger partial charge in [0.1, 0.15) is 5.54 Å². The largest absolute Gasteiger partial charge is 0.436 e. The molecular formula is C23H38N4O4. The number of nitriles is 1. The molecule has 1 N–H and O–H groups in total. The predicted molar refractivity (Wildman–Crippen MR) is 116 cm³/mol. The van der Waals surface area contributed by atoms with E-state index in [-0.39, 0.29) is 11.3 Å². The molecule has 2 atom stereocenters. The normalized spacial score (nSPS) is 27.0. The van der Waals surface area contributed by atoms with E-state index in [1.54, 1.807) is 4.90 Å². The molecular weight excluding hydrogens is 396 g/mol. The number of morpholine rings is 1. The van der Waals surface area contributed by atoms with Crippen molar-refractivity contribution in [2.75, 3.05) is 46.4 Å². The van der Waals surface area contributed by atoms with Gasteiger partial charge in [0.15, 0.2) is 6.10 Å². The van der Waals surface area contributed by atoms with E-state index >= 15 is 0 Å². The standard InChI is InChI=1S/C23H38N4O4/c1-22(2)7-5-4-6-18(22)16-19(31-21(29)27-12-14-30-15-13-27)20(28)25-23(17-24)8-10-26(3)11-9-23/h18-19H,4-16H2,1-3H3,(H,25,28). The van der Waals surface area contributed by atoms with Crippen LogP contribution in [0.5, 0.6) is 0 Å². The van der Waals surface area contributed by atoms with Crippen LogP contribution in [-0.4, -0.2) is 79.9 Å². The highest BCUT2D eigenvalue weighted by Gasteiger charge is 2.41. The molecule has 8 nitrogen and oxygen atoms in total. The number of amides is 2. The maximum Gasteiger partial charge on any atom is 0.410 e. The quantitative estimate of drug-likeness (QED) is 0.715. The third-order valence-corrected chi connectivity index (χ3v) is 7.45. The van der Waals surface area contributed by atoms with Gasteiger partial charge in [0.2, 0.25) is 0 Å². The summed E-state index contributed by atoms with van der Waals surface area (Å²) in [5.41, 5.74) is -0.794. The fourth-order valence-electron chi connectivity index (χ4n) is 4.99. The molecule has 0 aromatic rings. The first kappa shape index (κ1) is 23.8. The number of hydrogen-bond donors (Lipinski definition) is 1. The summed E-state index contributed by atoms with van der Waals surface area (Å²) in [6, 6.07) is 2.33. The van der Waals surface area contributed by atoms with E-state index in [0.717, 1.165) is 32.4 Å². The summed E-state index contributed by atoms with van der Waals surface area (Å²) >= 11 is 0. The highest BCUT2D eigenvalue weighted by molar-refractivity contribution is 5.84. The lowest BCUT2D eigenvalue weighted by Gasteiger charge is -2.41. The van der Waals surface area contributed by atoms with E-state index in [1.807, 2.05) is 7.05 Å². The van der Waals surface area contributed by atoms with Crippen molar-refractivity contribution >= 4 is 12.0 Å². The van der Waals surface area contributed by atoms with Gasteiger partial charge in [0, 0.05) is 26.2 Å². The molecule has 8 heteroatoms. The number of hydrogen-bond acceptors (Lipinski definition) is 6. The van der Waals surface area contributed by atoms with Crippen LogP contribution in [0.2, 0.25) is 0 Å². The van der Waals surface area contributed by atoms with E-state index in [1.165, 1.54) is 6.42 Å². The summed E-state index contributed by atoms with van der Waals surface area (Å²) in [5.74, 6) is -0.0425. The van der Waals surface area contributed by atoms with Crippen molar-refractivity contribution in [2.45, 2.75) is 70.4 Å². The number of ether oxygens (including phenoxy) is 2. The van der Waals surface area contributed by atoms with E-state index in [2.05, 4.69) is 30.1 Å². The van der Waals surface area contributed by atoms with Gasteiger partial charge in [-0.3, -0.25) is 4.79 Å². The SMILES string of the molecule is CN1CCC(C#N)(NC(=O)C(CC2CCCCC2(C)C)OC(=O)N2CCOCC2)CC1. The summed E-state index contributed by atoms with van der Waals surface area (Å²) in [4.78, 5) is 29.9. The van der Waals surface area contributed by atoms with Crippen molar-refractivity contribution in [1.82, 2.24) is 15.1 Å². The van der Waals surface area contributed by atoms with Gasteiger partial charge in [-0.2, -0.15) is 5.26 Å². The molecule has 0 aromatic carbocycles. The van der Waals surface area contributed by atoms with Crippen molar-refractivity contribution in [2.24, 2.45) is 11.3 Å². The van der Waals surface area contributed by atoms with Crippen LogP contribution in [0.25, 0.3) is 0 Å². The van der Waals surface area contributed by atoms with Crippen LogP contribution < -0.4 is 5.32 Å². The molecule has 2 amide bonds. The van der Waals surface area contributed by atoms with Crippen LogP contribution in [0, 0.1) is 22.7 Å². The van der Waals surface area contributed by atoms with Crippen molar-refractivity contribution in [3.63, 3.8) is 0 Å². The second-order valence-corrected chi connectivity index (χ2v) is 10.1. The molecule has 3 rings (SSSR count). The molecule has 3 fully saturated rings. The lowest BCUT2D eigenvalue weighted by Crippen LogP contribution is -2.57. The Kier molecular flexibility index (Phi) is 7.82. The zero-order valence-electron chi connectivity index (χ0n) is 19.3. The molecule has 2 heterocycles. The first-order chi connectivity index (χ1) is 14.7. The summed E-state index contributed by atoms with van der Waals surface area (Å²) in [6.07, 6.45) is 4.76. The van der Waals surface area contributed by atoms with Crippen LogP contribution in [-0.2, 0) is 14.3 Å². The summed E-state index contributed by atoms with van der Waals surface area (Å²) in [6.45, 7) is 7.88. The highest BCUT2D eigenvalue weighted by Crippen LogP contribution is 2.43. The van der Waals surface area contributed by atoms with Crippen molar-refractivity contribution in [3.05, 3.63) is 0 Å². The van der Waals surface area contributed by atoms with Gasteiger partial charge in [-0.25, -0.2) is 4.79 Å². The van der Waals surface area contributed by atoms with Gasteiger partial charge < -0.3 is 24.6 Å². The summed E-state index contributed by atoms with van der Waals surface area (Å²) in [7, 11) is 2.02. The van der Waals surface area contributed by atoms with Crippen LogP contribution in [0.4, 0.5) is 4.79 Å². The molecule has 0 spiro atoms. The number of nitrogens with zero attached hydrogens (tertiary/aromatic N) is 3. The Morgan fingerprint density at radius 2 is 1.84 bits per heavy atom. The lowest BCUT2D eigenvalue weighted by atomic mass is 9.67. The average Bonchev–Trinajstić information content (AvgIpc) is 2.76. The zero-order valence-corrected chi connectivity index (χ0v) is 19.3. The molecule has 0 aromatic heterocycles. The van der Waals surface area contributed by atoms with Crippen molar-refractivity contribution < 1.29 is 19.1 Å². The smallest absolute Gasteiger partial charge is 0.410 e. The Balaban J connectivity index is 1.72. The second-order valence-electron chi connectivity index (χ2n) is 10.1. The van der Waals surface area contributed by atoms with Crippen LogP contribution in [0.15, 0.2) is 0 Å². The molecule has 1 aliphatic carbocycles. The lowest BCUT2D eigenvalue weighted by molar-refractivity contribution is -0.134. The molecule has 1 saturated carbocycles. The Hall–Kier alpha value is -1.85. The number of likely N-dealkylation sites (tertiary alicyclic amines) is 1. The Bertz CT molecular complexity index is 676. The fraction of sp³-hybridized carbons (Fsp3) is 0.870. The minimum Gasteiger partial charge on any atom is -0.436 e. The van der Waals surface area contributed by atoms with Crippen LogP contribution in [0.3, 0.4) is 0 Å². The third-order valence-electron chi connectivity index (χ3n) is 7.45. The van der Waals surface area contributed by atoms with Gasteiger partial charge in [-0.15, -0.1) is 0 Å². The number of piperidine rings is 1. The molecule has 2 unspecified atom stereocenters. The second kappa shape index (κ2) is 10.2. The summed E-state index contributed by atoms with van der Waals surface area (Å²) < 4.78 is 11.1. The van der Waals surface area contributed by atoms with Gasteiger partial charge in [0.05, 0.1) is 19.3 Å². The Labute approximate surface area is 186 Å². The van der Waals surface area contributed by atoms with E-state index < -0.39 is 17.7 Å². The molecule has 31 heavy (non-hydrogen) atoms. The van der Waals surface area contributed by atoms with E-state index in [0.29, 0.717) is 51.5 Å². The van der Waals surface area contributed by atoms with Crippen molar-refractivity contribution in [3.8, 4) is 6.07 Å². The predicted octanol–water partition coefficient (Wildman–Crippen LogP) is 2.53. The molecule has 2 saturated heterocycles. The number of carbonyl (C=O) groups excluding carboxylic acids is 2. The van der Waals surface area contributed by atoms with Gasteiger partial charge in [-0.05, 0) is 50.5 Å². The number of carbonyl (C=O) groups is 2. The van der Waals surface area contributed by atoms with Gasteiger partial charge in [0.25, 0.3) is 5.91 Å². The molecule has 0 radical (unpaired) electrons. The topological polar surface area (TPSA) is 94.9 Å². The molecule has 174 valence electrons. The summed E-state index contributed by atoms with van der Waals surface area (Å²) in [5, 5.41) is 12.8.